The third-order valence-corrected chi connectivity index (χ3v) is 4.77. The highest BCUT2D eigenvalue weighted by atomic mass is 32.1. The molecule has 1 aromatic heterocycles. The van der Waals surface area contributed by atoms with Gasteiger partial charge in [-0.05, 0) is 61.7 Å². The summed E-state index contributed by atoms with van der Waals surface area (Å²) in [6, 6.07) is 3.63. The summed E-state index contributed by atoms with van der Waals surface area (Å²) in [6.07, 6.45) is 2.48. The van der Waals surface area contributed by atoms with Gasteiger partial charge < -0.3 is 5.32 Å². The molecule has 2 heterocycles. The van der Waals surface area contributed by atoms with Gasteiger partial charge >= 0.3 is 0 Å². The Balaban J connectivity index is 1.86. The van der Waals surface area contributed by atoms with Crippen molar-refractivity contribution in [3.8, 4) is 0 Å². The second kappa shape index (κ2) is 5.98. The van der Waals surface area contributed by atoms with E-state index in [1.165, 1.54) is 31.5 Å². The maximum atomic E-state index is 3.43. The van der Waals surface area contributed by atoms with E-state index in [1.54, 1.807) is 11.3 Å². The summed E-state index contributed by atoms with van der Waals surface area (Å²) in [7, 11) is 2.09. The molecule has 17 heavy (non-hydrogen) atoms. The fourth-order valence-electron chi connectivity index (χ4n) is 2.89. The fraction of sp³-hybridized carbons (Fsp3) is 0.714. The Morgan fingerprint density at radius 3 is 3.00 bits per heavy atom. The molecule has 1 aliphatic heterocycles. The maximum Gasteiger partial charge on any atom is 0.0114 e. The van der Waals surface area contributed by atoms with E-state index in [1.807, 2.05) is 0 Å². The Morgan fingerprint density at radius 1 is 1.59 bits per heavy atom. The topological polar surface area (TPSA) is 15.3 Å². The van der Waals surface area contributed by atoms with Crippen molar-refractivity contribution in [2.24, 2.45) is 5.92 Å². The van der Waals surface area contributed by atoms with Gasteiger partial charge in [0.2, 0.25) is 0 Å². The van der Waals surface area contributed by atoms with Crippen molar-refractivity contribution in [2.45, 2.75) is 38.8 Å². The molecule has 2 nitrogen and oxygen atoms in total. The number of nitrogens with one attached hydrogen (secondary N) is 1. The molecule has 0 aromatic carbocycles. The molecule has 3 unspecified atom stereocenters. The van der Waals surface area contributed by atoms with Gasteiger partial charge in [-0.2, -0.15) is 11.3 Å². The van der Waals surface area contributed by atoms with E-state index in [0.29, 0.717) is 12.1 Å². The van der Waals surface area contributed by atoms with Crippen LogP contribution in [0.15, 0.2) is 16.8 Å². The normalized spacial score (nSPS) is 28.2. The third kappa shape index (κ3) is 3.30. The summed E-state index contributed by atoms with van der Waals surface area (Å²) in [6.45, 7) is 7.20. The predicted molar refractivity (Wildman–Crippen MR) is 75.7 cm³/mol. The summed E-state index contributed by atoms with van der Waals surface area (Å²) in [5.74, 6) is 0.763. The minimum absolute atomic E-state index is 0.671. The summed E-state index contributed by atoms with van der Waals surface area (Å²) >= 11 is 1.80. The van der Waals surface area contributed by atoms with Gasteiger partial charge in [0.15, 0.2) is 0 Å². The van der Waals surface area contributed by atoms with Gasteiger partial charge in [-0.1, -0.05) is 6.92 Å². The standard InChI is InChI=1S/C14H24N2S/c1-11-9-16(6-4-14(11)15-3)12(2)8-13-5-7-17-10-13/h5,7,10-12,14-15H,4,6,8-9H2,1-3H3. The quantitative estimate of drug-likeness (QED) is 0.886. The van der Waals surface area contributed by atoms with Gasteiger partial charge in [0, 0.05) is 18.6 Å². The molecular formula is C14H24N2S. The van der Waals surface area contributed by atoms with E-state index in [2.05, 4.69) is 47.9 Å². The molecule has 1 saturated heterocycles. The number of piperidine rings is 1. The molecule has 2 rings (SSSR count). The number of hydrogen-bond acceptors (Lipinski definition) is 3. The summed E-state index contributed by atoms with van der Waals surface area (Å²) < 4.78 is 0. The van der Waals surface area contributed by atoms with Crippen LogP contribution in [0.5, 0.6) is 0 Å². The lowest BCUT2D eigenvalue weighted by Crippen LogP contribution is -2.50. The minimum Gasteiger partial charge on any atom is -0.317 e. The molecule has 0 spiro atoms. The number of hydrogen-bond donors (Lipinski definition) is 1. The molecule has 0 aliphatic carbocycles. The van der Waals surface area contributed by atoms with Crippen LogP contribution in [0.4, 0.5) is 0 Å². The van der Waals surface area contributed by atoms with E-state index in [-0.39, 0.29) is 0 Å². The van der Waals surface area contributed by atoms with Crippen LogP contribution in [0.2, 0.25) is 0 Å². The number of thiophene rings is 1. The minimum atomic E-state index is 0.671. The SMILES string of the molecule is CNC1CCN(C(C)Cc2ccsc2)CC1C. The zero-order valence-corrected chi connectivity index (χ0v) is 12.0. The molecule has 0 radical (unpaired) electrons. The third-order valence-electron chi connectivity index (χ3n) is 4.04. The van der Waals surface area contributed by atoms with Gasteiger partial charge in [0.1, 0.15) is 0 Å². The van der Waals surface area contributed by atoms with Gasteiger partial charge in [-0.25, -0.2) is 0 Å². The monoisotopic (exact) mass is 252 g/mol. The second-order valence-electron chi connectivity index (χ2n) is 5.34. The predicted octanol–water partition coefficient (Wildman–Crippen LogP) is 2.61. The highest BCUT2D eigenvalue weighted by molar-refractivity contribution is 7.07. The van der Waals surface area contributed by atoms with Crippen molar-refractivity contribution in [1.29, 1.82) is 0 Å². The highest BCUT2D eigenvalue weighted by Gasteiger charge is 2.27. The van der Waals surface area contributed by atoms with Gasteiger partial charge in [0.05, 0.1) is 0 Å². The van der Waals surface area contributed by atoms with Gasteiger partial charge in [-0.3, -0.25) is 4.90 Å². The van der Waals surface area contributed by atoms with Crippen LogP contribution >= 0.6 is 11.3 Å². The molecule has 1 fully saturated rings. The molecule has 0 saturated carbocycles. The Labute approximate surface area is 109 Å². The molecule has 3 atom stereocenters. The highest BCUT2D eigenvalue weighted by Crippen LogP contribution is 2.20. The Bertz CT molecular complexity index is 323. The first-order valence-electron chi connectivity index (χ1n) is 6.63. The first kappa shape index (κ1) is 13.1. The molecule has 1 aromatic rings. The Morgan fingerprint density at radius 2 is 2.41 bits per heavy atom. The average Bonchev–Trinajstić information content (AvgIpc) is 2.81. The van der Waals surface area contributed by atoms with Crippen molar-refractivity contribution in [1.82, 2.24) is 10.2 Å². The van der Waals surface area contributed by atoms with E-state index >= 15 is 0 Å². The number of likely N-dealkylation sites (tertiary alicyclic amines) is 1. The molecule has 96 valence electrons. The molecule has 1 aliphatic rings. The van der Waals surface area contributed by atoms with Crippen LogP contribution in [-0.2, 0) is 6.42 Å². The largest absolute Gasteiger partial charge is 0.317 e. The van der Waals surface area contributed by atoms with E-state index in [4.69, 9.17) is 0 Å². The van der Waals surface area contributed by atoms with Crippen molar-refractivity contribution in [3.05, 3.63) is 22.4 Å². The van der Waals surface area contributed by atoms with Gasteiger partial charge in [-0.15, -0.1) is 0 Å². The summed E-state index contributed by atoms with van der Waals surface area (Å²) in [5, 5.41) is 7.89. The van der Waals surface area contributed by atoms with E-state index in [9.17, 15) is 0 Å². The lowest BCUT2D eigenvalue weighted by Gasteiger charge is -2.40. The number of rotatable bonds is 4. The molecule has 0 bridgehead atoms. The van der Waals surface area contributed by atoms with Crippen molar-refractivity contribution in [3.63, 3.8) is 0 Å². The lowest BCUT2D eigenvalue weighted by molar-refractivity contribution is 0.114. The Kier molecular flexibility index (Phi) is 4.60. The first-order valence-corrected chi connectivity index (χ1v) is 7.57. The average molecular weight is 252 g/mol. The van der Waals surface area contributed by atoms with Crippen LogP contribution in [0.1, 0.15) is 25.8 Å². The Hall–Kier alpha value is -0.380. The van der Waals surface area contributed by atoms with Crippen LogP contribution in [0.3, 0.4) is 0 Å². The second-order valence-corrected chi connectivity index (χ2v) is 6.12. The van der Waals surface area contributed by atoms with Crippen molar-refractivity contribution >= 4 is 11.3 Å². The first-order chi connectivity index (χ1) is 8.20. The molecule has 1 N–H and O–H groups in total. The van der Waals surface area contributed by atoms with E-state index in [0.717, 1.165) is 5.92 Å². The van der Waals surface area contributed by atoms with Crippen molar-refractivity contribution < 1.29 is 0 Å². The lowest BCUT2D eigenvalue weighted by atomic mass is 9.92. The smallest absolute Gasteiger partial charge is 0.0114 e. The van der Waals surface area contributed by atoms with E-state index < -0.39 is 0 Å². The number of nitrogens with zero attached hydrogens (tertiary/aromatic N) is 1. The zero-order chi connectivity index (χ0) is 12.3. The van der Waals surface area contributed by atoms with Crippen LogP contribution in [-0.4, -0.2) is 37.1 Å². The molecular weight excluding hydrogens is 228 g/mol. The van der Waals surface area contributed by atoms with Crippen LogP contribution in [0, 0.1) is 5.92 Å². The fourth-order valence-corrected chi connectivity index (χ4v) is 3.57. The molecule has 3 heteroatoms. The van der Waals surface area contributed by atoms with Gasteiger partial charge in [0.25, 0.3) is 0 Å². The molecule has 0 amide bonds. The van der Waals surface area contributed by atoms with Crippen LogP contribution in [0.25, 0.3) is 0 Å². The van der Waals surface area contributed by atoms with Crippen molar-refractivity contribution in [2.75, 3.05) is 20.1 Å². The summed E-state index contributed by atoms with van der Waals surface area (Å²) in [4.78, 5) is 2.65. The van der Waals surface area contributed by atoms with Crippen LogP contribution < -0.4 is 5.32 Å². The maximum absolute atomic E-state index is 3.43. The zero-order valence-electron chi connectivity index (χ0n) is 11.1. The summed E-state index contributed by atoms with van der Waals surface area (Å²) in [5.41, 5.74) is 1.49.